The summed E-state index contributed by atoms with van der Waals surface area (Å²) in [7, 11) is 0. The van der Waals surface area contributed by atoms with E-state index in [1.165, 1.54) is 5.56 Å². The predicted molar refractivity (Wildman–Crippen MR) is 70.5 cm³/mol. The van der Waals surface area contributed by atoms with Gasteiger partial charge >= 0.3 is 0 Å². The maximum absolute atomic E-state index is 9.00. The quantitative estimate of drug-likeness (QED) is 0.757. The van der Waals surface area contributed by atoms with E-state index < -0.39 is 0 Å². The minimum atomic E-state index is 0.654. The second-order valence-corrected chi connectivity index (χ2v) is 4.63. The molecule has 16 heavy (non-hydrogen) atoms. The first-order valence-electron chi connectivity index (χ1n) is 4.85. The summed E-state index contributed by atoms with van der Waals surface area (Å²) in [5.74, 6) is 0. The Hall–Kier alpha value is -1.35. The molecule has 3 nitrogen and oxygen atoms in total. The molecule has 0 saturated carbocycles. The summed E-state index contributed by atoms with van der Waals surface area (Å²) in [6.07, 6.45) is 0. The van der Waals surface area contributed by atoms with Crippen LogP contribution in [0.25, 0.3) is 5.69 Å². The molecule has 1 aromatic heterocycles. The van der Waals surface area contributed by atoms with Gasteiger partial charge in [-0.15, -0.1) is 0 Å². The van der Waals surface area contributed by atoms with Gasteiger partial charge in [0.1, 0.15) is 15.3 Å². The van der Waals surface area contributed by atoms with Crippen molar-refractivity contribution in [3.63, 3.8) is 0 Å². The summed E-state index contributed by atoms with van der Waals surface area (Å²) < 4.78 is 2.66. The van der Waals surface area contributed by atoms with Crippen LogP contribution >= 0.6 is 22.6 Å². The van der Waals surface area contributed by atoms with Crippen molar-refractivity contribution in [2.24, 2.45) is 0 Å². The number of nitriles is 1. The molecule has 0 amide bonds. The Labute approximate surface area is 108 Å². The number of halogens is 1. The number of hydrogen-bond donors (Lipinski definition) is 0. The summed E-state index contributed by atoms with van der Waals surface area (Å²) >= 11 is 2.15. The molecule has 80 valence electrons. The van der Waals surface area contributed by atoms with E-state index in [1.807, 2.05) is 38.1 Å². The number of rotatable bonds is 1. The van der Waals surface area contributed by atoms with Crippen molar-refractivity contribution in [2.75, 3.05) is 0 Å². The molecule has 0 aliphatic rings. The van der Waals surface area contributed by atoms with E-state index in [4.69, 9.17) is 5.26 Å². The van der Waals surface area contributed by atoms with Crippen LogP contribution in [0.5, 0.6) is 0 Å². The molecule has 0 unspecified atom stereocenters. The second kappa shape index (κ2) is 4.26. The summed E-state index contributed by atoms with van der Waals surface area (Å²) in [5.41, 5.74) is 3.62. The highest BCUT2D eigenvalue weighted by Gasteiger charge is 2.13. The lowest BCUT2D eigenvalue weighted by Gasteiger charge is -2.03. The van der Waals surface area contributed by atoms with Gasteiger partial charge in [0.15, 0.2) is 0 Å². The Morgan fingerprint density at radius 1 is 1.25 bits per heavy atom. The van der Waals surface area contributed by atoms with Gasteiger partial charge in [-0.3, -0.25) is 0 Å². The van der Waals surface area contributed by atoms with Gasteiger partial charge < -0.3 is 0 Å². The van der Waals surface area contributed by atoms with Gasteiger partial charge in [0, 0.05) is 0 Å². The first-order chi connectivity index (χ1) is 7.63. The van der Waals surface area contributed by atoms with Gasteiger partial charge in [0.2, 0.25) is 0 Å². The zero-order valence-electron chi connectivity index (χ0n) is 9.03. The molecule has 0 aliphatic heterocycles. The van der Waals surface area contributed by atoms with Crippen LogP contribution in [0.1, 0.15) is 16.8 Å². The summed E-state index contributed by atoms with van der Waals surface area (Å²) in [4.78, 5) is 0. The first kappa shape index (κ1) is 11.1. The maximum atomic E-state index is 9.00. The molecular weight excluding hydrogens is 313 g/mol. The largest absolute Gasteiger partial charge is 0.226 e. The van der Waals surface area contributed by atoms with Gasteiger partial charge in [-0.2, -0.15) is 10.4 Å². The molecule has 1 heterocycles. The monoisotopic (exact) mass is 323 g/mol. The molecule has 0 atom stereocenters. The lowest BCUT2D eigenvalue weighted by Crippen LogP contribution is -1.98. The fraction of sp³-hybridized carbons (Fsp3) is 0.167. The van der Waals surface area contributed by atoms with E-state index >= 15 is 0 Å². The van der Waals surface area contributed by atoms with Crippen LogP contribution in [0.3, 0.4) is 0 Å². The highest BCUT2D eigenvalue weighted by atomic mass is 127. The van der Waals surface area contributed by atoms with Crippen molar-refractivity contribution in [1.82, 2.24) is 9.78 Å². The molecule has 4 heteroatoms. The van der Waals surface area contributed by atoms with Crippen LogP contribution in [-0.4, -0.2) is 9.78 Å². The molecular formula is C12H10IN3. The molecule has 0 aliphatic carbocycles. The van der Waals surface area contributed by atoms with E-state index in [9.17, 15) is 0 Å². The van der Waals surface area contributed by atoms with E-state index in [0.29, 0.717) is 5.56 Å². The number of aromatic nitrogens is 2. The third-order valence-electron chi connectivity index (χ3n) is 2.39. The normalized spacial score (nSPS) is 10.1. The van der Waals surface area contributed by atoms with E-state index in [-0.39, 0.29) is 0 Å². The van der Waals surface area contributed by atoms with Crippen LogP contribution in [-0.2, 0) is 0 Å². The third kappa shape index (κ3) is 1.83. The fourth-order valence-corrected chi connectivity index (χ4v) is 2.38. The van der Waals surface area contributed by atoms with Crippen molar-refractivity contribution in [2.45, 2.75) is 13.8 Å². The topological polar surface area (TPSA) is 41.6 Å². The summed E-state index contributed by atoms with van der Waals surface area (Å²) in [6.45, 7) is 3.90. The van der Waals surface area contributed by atoms with Gasteiger partial charge in [-0.05, 0) is 48.6 Å². The van der Waals surface area contributed by atoms with Crippen LogP contribution in [0, 0.1) is 28.9 Å². The Kier molecular flexibility index (Phi) is 2.97. The lowest BCUT2D eigenvalue weighted by molar-refractivity contribution is 0.843. The van der Waals surface area contributed by atoms with E-state index in [2.05, 4.69) is 33.8 Å². The third-order valence-corrected chi connectivity index (χ3v) is 3.39. The van der Waals surface area contributed by atoms with Crippen LogP contribution < -0.4 is 0 Å². The highest BCUT2D eigenvalue weighted by molar-refractivity contribution is 14.1. The van der Waals surface area contributed by atoms with E-state index in [1.54, 1.807) is 4.68 Å². The lowest BCUT2D eigenvalue weighted by atomic mass is 10.2. The summed E-state index contributed by atoms with van der Waals surface area (Å²) in [5, 5.41) is 13.4. The average molecular weight is 323 g/mol. The number of benzene rings is 1. The molecule has 0 saturated heterocycles. The minimum absolute atomic E-state index is 0.654. The molecule has 0 fully saturated rings. The van der Waals surface area contributed by atoms with Crippen molar-refractivity contribution in [3.05, 3.63) is 44.8 Å². The molecule has 0 N–H and O–H groups in total. The van der Waals surface area contributed by atoms with Gasteiger partial charge in [-0.1, -0.05) is 17.7 Å². The standard InChI is InChI=1S/C12H10IN3/c1-8-3-5-10(6-4-8)16-12(13)11(7-14)9(2)15-16/h3-6H,1-2H3. The molecule has 0 spiro atoms. The molecule has 0 bridgehead atoms. The smallest absolute Gasteiger partial charge is 0.123 e. The van der Waals surface area contributed by atoms with Crippen molar-refractivity contribution < 1.29 is 0 Å². The van der Waals surface area contributed by atoms with Crippen molar-refractivity contribution in [3.8, 4) is 11.8 Å². The van der Waals surface area contributed by atoms with E-state index in [0.717, 1.165) is 15.1 Å². The average Bonchev–Trinajstić information content (AvgIpc) is 2.55. The van der Waals surface area contributed by atoms with Gasteiger partial charge in [0.25, 0.3) is 0 Å². The van der Waals surface area contributed by atoms with Gasteiger partial charge in [0.05, 0.1) is 11.4 Å². The number of nitrogens with zero attached hydrogens (tertiary/aromatic N) is 3. The van der Waals surface area contributed by atoms with Crippen LogP contribution in [0.15, 0.2) is 24.3 Å². The maximum Gasteiger partial charge on any atom is 0.123 e. The van der Waals surface area contributed by atoms with Gasteiger partial charge in [-0.25, -0.2) is 4.68 Å². The summed E-state index contributed by atoms with van der Waals surface area (Å²) in [6, 6.07) is 10.3. The minimum Gasteiger partial charge on any atom is -0.226 e. The van der Waals surface area contributed by atoms with Crippen molar-refractivity contribution >= 4 is 22.6 Å². The Balaban J connectivity index is 2.58. The molecule has 1 aromatic carbocycles. The SMILES string of the molecule is Cc1ccc(-n2nc(C)c(C#N)c2I)cc1. The number of aryl methyl sites for hydroxylation is 2. The Bertz CT molecular complexity index is 561. The Morgan fingerprint density at radius 3 is 2.38 bits per heavy atom. The van der Waals surface area contributed by atoms with Crippen LogP contribution in [0.2, 0.25) is 0 Å². The molecule has 0 radical (unpaired) electrons. The first-order valence-corrected chi connectivity index (χ1v) is 5.93. The molecule has 2 rings (SSSR count). The zero-order chi connectivity index (χ0) is 11.7. The Morgan fingerprint density at radius 2 is 1.88 bits per heavy atom. The zero-order valence-corrected chi connectivity index (χ0v) is 11.2. The van der Waals surface area contributed by atoms with Crippen LogP contribution in [0.4, 0.5) is 0 Å². The number of hydrogen-bond acceptors (Lipinski definition) is 2. The predicted octanol–water partition coefficient (Wildman–Crippen LogP) is 2.97. The van der Waals surface area contributed by atoms with Crippen molar-refractivity contribution in [1.29, 1.82) is 5.26 Å². The molecule has 2 aromatic rings. The second-order valence-electron chi connectivity index (χ2n) is 3.61. The highest BCUT2D eigenvalue weighted by Crippen LogP contribution is 2.19. The fourth-order valence-electron chi connectivity index (χ4n) is 1.48.